The summed E-state index contributed by atoms with van der Waals surface area (Å²) in [5.41, 5.74) is 8.54. The highest BCUT2D eigenvalue weighted by atomic mass is 35.5. The predicted molar refractivity (Wildman–Crippen MR) is 97.4 cm³/mol. The largest absolute Gasteiger partial charge is 0.368 e. The van der Waals surface area contributed by atoms with Crippen molar-refractivity contribution in [2.24, 2.45) is 0 Å². The molecule has 3 aromatic rings. The van der Waals surface area contributed by atoms with Crippen LogP contribution in [0.15, 0.2) is 42.5 Å². The van der Waals surface area contributed by atoms with Gasteiger partial charge in [-0.25, -0.2) is 9.97 Å². The molecule has 0 atom stereocenters. The Morgan fingerprint density at radius 2 is 1.43 bits per heavy atom. The molecule has 23 heavy (non-hydrogen) atoms. The van der Waals surface area contributed by atoms with Gasteiger partial charge in [-0.2, -0.15) is 0 Å². The lowest BCUT2D eigenvalue weighted by Gasteiger charge is -2.09. The Balaban J connectivity index is 2.14. The molecule has 0 spiro atoms. The van der Waals surface area contributed by atoms with E-state index in [0.717, 1.165) is 5.56 Å². The molecular weight excluding hydrogens is 376 g/mol. The molecule has 2 N–H and O–H groups in total. The van der Waals surface area contributed by atoms with Crippen LogP contribution in [0.4, 0.5) is 5.95 Å². The lowest BCUT2D eigenvalue weighted by Crippen LogP contribution is -1.99. The van der Waals surface area contributed by atoms with Crippen molar-refractivity contribution < 1.29 is 0 Å². The Hall–Kier alpha value is -1.52. The highest BCUT2D eigenvalue weighted by Gasteiger charge is 2.11. The van der Waals surface area contributed by atoms with E-state index >= 15 is 0 Å². The zero-order valence-electron chi connectivity index (χ0n) is 11.5. The normalized spacial score (nSPS) is 10.8. The molecule has 0 saturated heterocycles. The average Bonchev–Trinajstić information content (AvgIpc) is 2.49. The Morgan fingerprint density at radius 1 is 0.696 bits per heavy atom. The highest BCUT2D eigenvalue weighted by molar-refractivity contribution is 6.42. The zero-order chi connectivity index (χ0) is 16.6. The molecule has 7 heteroatoms. The van der Waals surface area contributed by atoms with Crippen molar-refractivity contribution in [1.29, 1.82) is 0 Å². The molecule has 1 aromatic heterocycles. The maximum atomic E-state index is 6.24. The molecular formula is C16H9Cl4N3. The Morgan fingerprint density at radius 3 is 2.13 bits per heavy atom. The number of benzene rings is 2. The second kappa shape index (κ2) is 6.54. The molecule has 0 fully saturated rings. The molecule has 0 unspecified atom stereocenters. The molecule has 0 bridgehead atoms. The van der Waals surface area contributed by atoms with Crippen LogP contribution in [0.5, 0.6) is 0 Å². The number of nitrogen functional groups attached to an aromatic ring is 1. The Labute approximate surface area is 153 Å². The monoisotopic (exact) mass is 383 g/mol. The zero-order valence-corrected chi connectivity index (χ0v) is 14.5. The van der Waals surface area contributed by atoms with E-state index in [-0.39, 0.29) is 5.95 Å². The summed E-state index contributed by atoms with van der Waals surface area (Å²) in [5.74, 6) is 0.134. The predicted octanol–water partition coefficient (Wildman–Crippen LogP) is 6.01. The summed E-state index contributed by atoms with van der Waals surface area (Å²) in [7, 11) is 0. The van der Waals surface area contributed by atoms with E-state index in [9.17, 15) is 0 Å². The first-order chi connectivity index (χ1) is 10.9. The van der Waals surface area contributed by atoms with Crippen molar-refractivity contribution in [2.75, 3.05) is 5.73 Å². The number of anilines is 1. The van der Waals surface area contributed by atoms with E-state index < -0.39 is 0 Å². The van der Waals surface area contributed by atoms with Gasteiger partial charge in [0, 0.05) is 16.1 Å². The first-order valence-corrected chi connectivity index (χ1v) is 8.00. The van der Waals surface area contributed by atoms with Crippen molar-refractivity contribution in [3.63, 3.8) is 0 Å². The topological polar surface area (TPSA) is 51.8 Å². The van der Waals surface area contributed by atoms with Crippen molar-refractivity contribution >= 4 is 52.4 Å². The lowest BCUT2D eigenvalue weighted by molar-refractivity contribution is 1.19. The van der Waals surface area contributed by atoms with Crippen molar-refractivity contribution in [3.8, 4) is 22.5 Å². The van der Waals surface area contributed by atoms with Gasteiger partial charge in [0.25, 0.3) is 0 Å². The standard InChI is InChI=1S/C16H9Cl4N3/c17-9-2-3-10(12(19)6-9)15-7-14(22-16(21)23-15)8-1-4-11(18)13(20)5-8/h1-7H,(H2,21,22,23). The van der Waals surface area contributed by atoms with Gasteiger partial charge in [0.05, 0.1) is 26.5 Å². The summed E-state index contributed by atoms with van der Waals surface area (Å²) in [5, 5.41) is 1.94. The van der Waals surface area contributed by atoms with Crippen molar-refractivity contribution in [3.05, 3.63) is 62.6 Å². The minimum absolute atomic E-state index is 0.134. The third-order valence-electron chi connectivity index (χ3n) is 3.17. The first kappa shape index (κ1) is 16.3. The molecule has 3 rings (SSSR count). The summed E-state index contributed by atoms with van der Waals surface area (Å²) < 4.78 is 0. The van der Waals surface area contributed by atoms with E-state index in [0.29, 0.717) is 37.0 Å². The number of halogens is 4. The summed E-state index contributed by atoms with van der Waals surface area (Å²) in [6, 6.07) is 12.2. The van der Waals surface area contributed by atoms with Gasteiger partial charge < -0.3 is 5.73 Å². The SMILES string of the molecule is Nc1nc(-c2ccc(Cl)c(Cl)c2)cc(-c2ccc(Cl)cc2Cl)n1. The fourth-order valence-corrected chi connectivity index (χ4v) is 2.91. The van der Waals surface area contributed by atoms with Gasteiger partial charge in [0.1, 0.15) is 0 Å². The van der Waals surface area contributed by atoms with Gasteiger partial charge in [0.2, 0.25) is 5.95 Å². The van der Waals surface area contributed by atoms with Crippen molar-refractivity contribution in [2.45, 2.75) is 0 Å². The van der Waals surface area contributed by atoms with Gasteiger partial charge in [-0.05, 0) is 36.4 Å². The summed E-state index contributed by atoms with van der Waals surface area (Å²) >= 11 is 24.2. The van der Waals surface area contributed by atoms with Crippen LogP contribution < -0.4 is 5.73 Å². The lowest BCUT2D eigenvalue weighted by atomic mass is 10.1. The molecule has 0 amide bonds. The minimum atomic E-state index is 0.134. The van der Waals surface area contributed by atoms with Gasteiger partial charge >= 0.3 is 0 Å². The first-order valence-electron chi connectivity index (χ1n) is 6.49. The van der Waals surface area contributed by atoms with Crippen LogP contribution in [0.1, 0.15) is 0 Å². The van der Waals surface area contributed by atoms with Crippen LogP contribution in [-0.4, -0.2) is 9.97 Å². The quantitative estimate of drug-likeness (QED) is 0.588. The van der Waals surface area contributed by atoms with Gasteiger partial charge in [0.15, 0.2) is 0 Å². The molecule has 0 radical (unpaired) electrons. The van der Waals surface area contributed by atoms with Crippen LogP contribution in [0.2, 0.25) is 20.1 Å². The fourth-order valence-electron chi connectivity index (χ4n) is 2.10. The van der Waals surface area contributed by atoms with E-state index in [2.05, 4.69) is 9.97 Å². The van der Waals surface area contributed by atoms with E-state index in [1.165, 1.54) is 0 Å². The Bertz CT molecular complexity index is 896. The summed E-state index contributed by atoms with van der Waals surface area (Å²) in [6.45, 7) is 0. The number of rotatable bonds is 2. The second-order valence-electron chi connectivity index (χ2n) is 4.75. The molecule has 0 aliphatic heterocycles. The molecule has 0 aliphatic carbocycles. The molecule has 1 heterocycles. The molecule has 116 valence electrons. The van der Waals surface area contributed by atoms with Gasteiger partial charge in [-0.15, -0.1) is 0 Å². The van der Waals surface area contributed by atoms with Crippen LogP contribution in [-0.2, 0) is 0 Å². The smallest absolute Gasteiger partial charge is 0.221 e. The third-order valence-corrected chi connectivity index (χ3v) is 4.45. The van der Waals surface area contributed by atoms with Crippen molar-refractivity contribution in [1.82, 2.24) is 9.97 Å². The van der Waals surface area contributed by atoms with E-state index in [1.807, 2.05) is 6.07 Å². The van der Waals surface area contributed by atoms with E-state index in [4.69, 9.17) is 52.1 Å². The Kier molecular flexibility index (Phi) is 4.64. The maximum absolute atomic E-state index is 6.24. The highest BCUT2D eigenvalue weighted by Crippen LogP contribution is 2.33. The summed E-state index contributed by atoms with van der Waals surface area (Å²) in [4.78, 5) is 8.48. The van der Waals surface area contributed by atoms with Crippen LogP contribution in [0.25, 0.3) is 22.5 Å². The maximum Gasteiger partial charge on any atom is 0.221 e. The fraction of sp³-hybridized carbons (Fsp3) is 0. The summed E-state index contributed by atoms with van der Waals surface area (Å²) in [6.07, 6.45) is 0. The molecule has 2 aromatic carbocycles. The minimum Gasteiger partial charge on any atom is -0.368 e. The van der Waals surface area contributed by atoms with Crippen LogP contribution in [0, 0.1) is 0 Å². The number of hydrogen-bond acceptors (Lipinski definition) is 3. The van der Waals surface area contributed by atoms with E-state index in [1.54, 1.807) is 36.4 Å². The number of nitrogens with zero attached hydrogens (tertiary/aromatic N) is 2. The molecule has 3 nitrogen and oxygen atoms in total. The number of nitrogens with two attached hydrogens (primary N) is 1. The average molecular weight is 385 g/mol. The van der Waals surface area contributed by atoms with Crippen LogP contribution >= 0.6 is 46.4 Å². The van der Waals surface area contributed by atoms with Crippen LogP contribution in [0.3, 0.4) is 0 Å². The van der Waals surface area contributed by atoms with Gasteiger partial charge in [-0.1, -0.05) is 52.5 Å². The number of hydrogen-bond donors (Lipinski definition) is 1. The molecule has 0 saturated carbocycles. The third kappa shape index (κ3) is 3.54. The molecule has 0 aliphatic rings. The van der Waals surface area contributed by atoms with Gasteiger partial charge in [-0.3, -0.25) is 0 Å². The number of aromatic nitrogens is 2. The second-order valence-corrected chi connectivity index (χ2v) is 6.41.